The molecule has 2 aromatic rings. The van der Waals surface area contributed by atoms with Crippen LogP contribution in [0.4, 0.5) is 0 Å². The second-order valence-corrected chi connectivity index (χ2v) is 6.68. The van der Waals surface area contributed by atoms with Gasteiger partial charge in [-0.2, -0.15) is 0 Å². The molecule has 1 nitrogen and oxygen atoms in total. The first-order chi connectivity index (χ1) is 11.0. The minimum absolute atomic E-state index is 0.330. The molecule has 122 valence electrons. The Balaban J connectivity index is 2.27. The molecule has 0 spiro atoms. The lowest BCUT2D eigenvalue weighted by molar-refractivity contribution is 0.807. The van der Waals surface area contributed by atoms with Crippen molar-refractivity contribution in [2.75, 3.05) is 0 Å². The number of hydrogen-bond acceptors (Lipinski definition) is 1. The van der Waals surface area contributed by atoms with Gasteiger partial charge in [0.1, 0.15) is 0 Å². The van der Waals surface area contributed by atoms with Crippen LogP contribution in [0, 0.1) is 13.8 Å². The average Bonchev–Trinajstić information content (AvgIpc) is 2.53. The molecule has 0 saturated heterocycles. The highest BCUT2D eigenvalue weighted by Crippen LogP contribution is 2.29. The molecule has 1 aromatic carbocycles. The summed E-state index contributed by atoms with van der Waals surface area (Å²) in [5.74, 6) is 0.330. The van der Waals surface area contributed by atoms with Crippen molar-refractivity contribution in [3.8, 4) is 0 Å². The molecule has 0 bridgehead atoms. The summed E-state index contributed by atoms with van der Waals surface area (Å²) in [5.41, 5.74) is 5.61. The summed E-state index contributed by atoms with van der Waals surface area (Å²) < 4.78 is 0. The maximum atomic E-state index is 6.34. The highest BCUT2D eigenvalue weighted by Gasteiger charge is 2.10. The number of benzene rings is 1. The molecule has 1 heterocycles. The van der Waals surface area contributed by atoms with Gasteiger partial charge in [-0.05, 0) is 61.1 Å². The maximum absolute atomic E-state index is 6.34. The van der Waals surface area contributed by atoms with Crippen molar-refractivity contribution in [2.45, 2.75) is 46.5 Å². The van der Waals surface area contributed by atoms with E-state index in [1.54, 1.807) is 0 Å². The third-order valence-corrected chi connectivity index (χ3v) is 5.01. The van der Waals surface area contributed by atoms with Crippen LogP contribution in [0.25, 0.3) is 6.08 Å². The Bertz CT molecular complexity index is 697. The Hall–Kier alpha value is -1.31. The Morgan fingerprint density at radius 1 is 1.09 bits per heavy atom. The number of hydrogen-bond donors (Lipinski definition) is 0. The van der Waals surface area contributed by atoms with Crippen molar-refractivity contribution in [2.24, 2.45) is 0 Å². The molecular formula is C20H23Cl2N. The predicted octanol–water partition coefficient (Wildman–Crippen LogP) is 6.77. The van der Waals surface area contributed by atoms with Crippen molar-refractivity contribution >= 4 is 29.3 Å². The van der Waals surface area contributed by atoms with E-state index in [2.05, 4.69) is 57.0 Å². The highest BCUT2D eigenvalue weighted by molar-refractivity contribution is 6.31. The van der Waals surface area contributed by atoms with E-state index in [9.17, 15) is 0 Å². The molecule has 1 aromatic heterocycles. The first-order valence-electron chi connectivity index (χ1n) is 8.05. The van der Waals surface area contributed by atoms with Gasteiger partial charge in [-0.25, -0.2) is 0 Å². The predicted molar refractivity (Wildman–Crippen MR) is 102 cm³/mol. The van der Waals surface area contributed by atoms with Gasteiger partial charge < -0.3 is 0 Å². The van der Waals surface area contributed by atoms with Crippen LogP contribution in [0.5, 0.6) is 0 Å². The van der Waals surface area contributed by atoms with Crippen molar-refractivity contribution < 1.29 is 0 Å². The molecule has 0 aliphatic rings. The van der Waals surface area contributed by atoms with E-state index in [0.717, 1.165) is 39.7 Å². The van der Waals surface area contributed by atoms with Crippen LogP contribution in [-0.4, -0.2) is 4.98 Å². The number of allylic oxidation sites excluding steroid dienone is 1. The van der Waals surface area contributed by atoms with Gasteiger partial charge in [0.25, 0.3) is 0 Å². The van der Waals surface area contributed by atoms with Crippen molar-refractivity contribution in [3.05, 3.63) is 68.5 Å². The van der Waals surface area contributed by atoms with Crippen LogP contribution < -0.4 is 0 Å². The Kier molecular flexibility index (Phi) is 6.26. The molecule has 0 radical (unpaired) electrons. The first-order valence-corrected chi connectivity index (χ1v) is 8.81. The summed E-state index contributed by atoms with van der Waals surface area (Å²) in [4.78, 5) is 4.41. The monoisotopic (exact) mass is 347 g/mol. The summed E-state index contributed by atoms with van der Waals surface area (Å²) in [5, 5.41) is 1.57. The van der Waals surface area contributed by atoms with E-state index < -0.39 is 0 Å². The number of pyridine rings is 1. The van der Waals surface area contributed by atoms with Gasteiger partial charge in [0.15, 0.2) is 0 Å². The van der Waals surface area contributed by atoms with Gasteiger partial charge in [-0.3, -0.25) is 4.98 Å². The van der Waals surface area contributed by atoms with Crippen LogP contribution in [0.1, 0.15) is 54.1 Å². The highest BCUT2D eigenvalue weighted by atomic mass is 35.5. The van der Waals surface area contributed by atoms with Gasteiger partial charge in [0, 0.05) is 17.1 Å². The lowest BCUT2D eigenvalue weighted by Gasteiger charge is -2.14. The quantitative estimate of drug-likeness (QED) is 0.581. The summed E-state index contributed by atoms with van der Waals surface area (Å²) >= 11 is 12.6. The molecule has 3 heteroatoms. The van der Waals surface area contributed by atoms with E-state index in [1.165, 1.54) is 11.1 Å². The van der Waals surface area contributed by atoms with E-state index in [1.807, 2.05) is 12.3 Å². The second-order valence-electron chi connectivity index (χ2n) is 5.87. The number of aromatic nitrogens is 1. The zero-order valence-corrected chi connectivity index (χ0v) is 15.7. The largest absolute Gasteiger partial charge is 0.259 e. The number of halogens is 2. The molecule has 0 N–H and O–H groups in total. The normalized spacial score (nSPS) is 12.8. The zero-order valence-electron chi connectivity index (χ0n) is 14.2. The van der Waals surface area contributed by atoms with Crippen molar-refractivity contribution in [3.63, 3.8) is 0 Å². The van der Waals surface area contributed by atoms with Crippen molar-refractivity contribution in [1.29, 1.82) is 0 Å². The fourth-order valence-electron chi connectivity index (χ4n) is 2.60. The van der Waals surface area contributed by atoms with E-state index in [0.29, 0.717) is 5.92 Å². The molecule has 0 fully saturated rings. The smallest absolute Gasteiger partial charge is 0.0627 e. The zero-order chi connectivity index (χ0) is 17.0. The molecular weight excluding hydrogens is 325 g/mol. The second kappa shape index (κ2) is 7.99. The van der Waals surface area contributed by atoms with Gasteiger partial charge in [0.2, 0.25) is 0 Å². The Morgan fingerprint density at radius 3 is 2.39 bits per heavy atom. The molecule has 0 saturated carbocycles. The lowest BCUT2D eigenvalue weighted by atomic mass is 9.92. The summed E-state index contributed by atoms with van der Waals surface area (Å²) in [6.45, 7) is 8.40. The fraction of sp³-hybridized carbons (Fsp3) is 0.350. The maximum Gasteiger partial charge on any atom is 0.0627 e. The first kappa shape index (κ1) is 18.0. The molecule has 0 aliphatic carbocycles. The van der Waals surface area contributed by atoms with E-state index >= 15 is 0 Å². The summed E-state index contributed by atoms with van der Waals surface area (Å²) in [6, 6.07) is 6.28. The topological polar surface area (TPSA) is 12.9 Å². The summed E-state index contributed by atoms with van der Waals surface area (Å²) in [6.07, 6.45) is 8.04. The standard InChI is InChI=1S/C20H23Cl2N/c1-5-16(17-9-13(3)14(4)18(21)11-17)8-7-15-10-19(22)20(6-2)23-12-15/h7-12,16H,5-6H2,1-4H3/b8-7+. The van der Waals surface area contributed by atoms with Gasteiger partial charge in [-0.15, -0.1) is 0 Å². The minimum atomic E-state index is 0.330. The van der Waals surface area contributed by atoms with Crippen LogP contribution in [0.15, 0.2) is 30.5 Å². The minimum Gasteiger partial charge on any atom is -0.259 e. The van der Waals surface area contributed by atoms with E-state index in [-0.39, 0.29) is 0 Å². The van der Waals surface area contributed by atoms with Gasteiger partial charge in [-0.1, -0.05) is 55.3 Å². The van der Waals surface area contributed by atoms with Gasteiger partial charge in [0.05, 0.1) is 10.7 Å². The van der Waals surface area contributed by atoms with Crippen molar-refractivity contribution in [1.82, 2.24) is 4.98 Å². The van der Waals surface area contributed by atoms with Crippen LogP contribution >= 0.6 is 23.2 Å². The van der Waals surface area contributed by atoms with Crippen LogP contribution in [0.2, 0.25) is 10.0 Å². The molecule has 0 amide bonds. The third kappa shape index (κ3) is 4.37. The molecule has 1 atom stereocenters. The third-order valence-electron chi connectivity index (χ3n) is 4.29. The van der Waals surface area contributed by atoms with Gasteiger partial charge >= 0.3 is 0 Å². The Morgan fingerprint density at radius 2 is 1.83 bits per heavy atom. The lowest BCUT2D eigenvalue weighted by Crippen LogP contribution is -1.96. The molecule has 0 aliphatic heterocycles. The Labute approximate surface area is 149 Å². The molecule has 1 unspecified atom stereocenters. The number of rotatable bonds is 5. The molecule has 23 heavy (non-hydrogen) atoms. The fourth-order valence-corrected chi connectivity index (χ4v) is 3.18. The summed E-state index contributed by atoms with van der Waals surface area (Å²) in [7, 11) is 0. The number of nitrogens with zero attached hydrogens (tertiary/aromatic N) is 1. The van der Waals surface area contributed by atoms with Crippen LogP contribution in [0.3, 0.4) is 0 Å². The van der Waals surface area contributed by atoms with Crippen LogP contribution in [-0.2, 0) is 6.42 Å². The average molecular weight is 348 g/mol. The number of aryl methyl sites for hydroxylation is 2. The molecule has 2 rings (SSSR count). The van der Waals surface area contributed by atoms with E-state index in [4.69, 9.17) is 23.2 Å². The SMILES string of the molecule is CCc1ncc(/C=C/C(CC)c2cc(C)c(C)c(Cl)c2)cc1Cl.